The third-order valence-corrected chi connectivity index (χ3v) is 2.81. The zero-order chi connectivity index (χ0) is 12.3. The third-order valence-electron chi connectivity index (χ3n) is 2.46. The van der Waals surface area contributed by atoms with E-state index in [1.165, 1.54) is 18.5 Å². The summed E-state index contributed by atoms with van der Waals surface area (Å²) in [7, 11) is 0. The summed E-state index contributed by atoms with van der Waals surface area (Å²) in [5, 5.41) is 10.2. The second kappa shape index (κ2) is 5.25. The van der Waals surface area contributed by atoms with Gasteiger partial charge in [0.25, 0.3) is 0 Å². The van der Waals surface area contributed by atoms with Crippen molar-refractivity contribution >= 4 is 11.6 Å². The van der Waals surface area contributed by atoms with E-state index >= 15 is 0 Å². The van der Waals surface area contributed by atoms with Crippen LogP contribution in [0.15, 0.2) is 24.5 Å². The minimum atomic E-state index is -0.331. The summed E-state index contributed by atoms with van der Waals surface area (Å²) < 4.78 is 12.8. The number of nitrogens with one attached hydrogen (secondary N) is 2. The molecule has 2 aromatic rings. The maximum absolute atomic E-state index is 12.8. The Kier molecular flexibility index (Phi) is 3.71. The fraction of sp³-hybridized carbons (Fsp3) is 0.273. The molecule has 1 heterocycles. The topological polar surface area (TPSA) is 53.6 Å². The van der Waals surface area contributed by atoms with E-state index in [1.54, 1.807) is 6.07 Å². The lowest BCUT2D eigenvalue weighted by Crippen LogP contribution is -2.19. The predicted molar refractivity (Wildman–Crippen MR) is 63.0 cm³/mol. The number of halogens is 2. The molecule has 4 nitrogen and oxygen atoms in total. The molecule has 1 unspecified atom stereocenters. The molecule has 2 N–H and O–H groups in total. The molecule has 6 heteroatoms. The van der Waals surface area contributed by atoms with Gasteiger partial charge < -0.3 is 5.32 Å². The van der Waals surface area contributed by atoms with Gasteiger partial charge in [0.15, 0.2) is 0 Å². The highest BCUT2D eigenvalue weighted by atomic mass is 35.5. The van der Waals surface area contributed by atoms with Gasteiger partial charge >= 0.3 is 0 Å². The van der Waals surface area contributed by atoms with E-state index < -0.39 is 0 Å². The van der Waals surface area contributed by atoms with Crippen LogP contribution in [0, 0.1) is 5.82 Å². The van der Waals surface area contributed by atoms with Crippen LogP contribution in [0.5, 0.6) is 0 Å². The van der Waals surface area contributed by atoms with Crippen molar-refractivity contribution in [3.8, 4) is 0 Å². The van der Waals surface area contributed by atoms with Gasteiger partial charge in [0.1, 0.15) is 18.0 Å². The molecule has 0 aliphatic heterocycles. The van der Waals surface area contributed by atoms with E-state index in [-0.39, 0.29) is 11.9 Å². The molecule has 90 valence electrons. The largest absolute Gasteiger partial charge is 0.303 e. The van der Waals surface area contributed by atoms with Crippen molar-refractivity contribution in [3.63, 3.8) is 0 Å². The lowest BCUT2D eigenvalue weighted by Gasteiger charge is -2.11. The minimum absolute atomic E-state index is 0.0265. The Morgan fingerprint density at radius 2 is 2.35 bits per heavy atom. The van der Waals surface area contributed by atoms with Crippen LogP contribution in [0.1, 0.15) is 24.4 Å². The Balaban J connectivity index is 1.98. The number of hydrogen-bond acceptors (Lipinski definition) is 3. The van der Waals surface area contributed by atoms with Crippen molar-refractivity contribution in [1.29, 1.82) is 0 Å². The first-order valence-corrected chi connectivity index (χ1v) is 5.57. The molecule has 1 aromatic heterocycles. The lowest BCUT2D eigenvalue weighted by molar-refractivity contribution is 0.547. The Morgan fingerprint density at radius 1 is 1.53 bits per heavy atom. The summed E-state index contributed by atoms with van der Waals surface area (Å²) in [5.41, 5.74) is 0.847. The van der Waals surface area contributed by atoms with Crippen molar-refractivity contribution in [2.45, 2.75) is 19.5 Å². The predicted octanol–water partition coefficient (Wildman–Crippen LogP) is 2.45. The first kappa shape index (κ1) is 12.0. The molecule has 0 aliphatic carbocycles. The summed E-state index contributed by atoms with van der Waals surface area (Å²) in [6, 6.07) is 4.39. The van der Waals surface area contributed by atoms with Crippen molar-refractivity contribution < 1.29 is 4.39 Å². The molecule has 1 atom stereocenters. The number of nitrogens with zero attached hydrogens (tertiary/aromatic N) is 2. The molecule has 1 aromatic carbocycles. The van der Waals surface area contributed by atoms with Crippen molar-refractivity contribution in [2.75, 3.05) is 0 Å². The van der Waals surface area contributed by atoms with Crippen LogP contribution in [0.4, 0.5) is 4.39 Å². The zero-order valence-electron chi connectivity index (χ0n) is 9.24. The number of benzene rings is 1. The Hall–Kier alpha value is -1.46. The monoisotopic (exact) mass is 254 g/mol. The van der Waals surface area contributed by atoms with Gasteiger partial charge in [-0.25, -0.2) is 9.37 Å². The first-order chi connectivity index (χ1) is 8.16. The van der Waals surface area contributed by atoms with Crippen molar-refractivity contribution in [2.24, 2.45) is 0 Å². The zero-order valence-corrected chi connectivity index (χ0v) is 10.0. The summed E-state index contributed by atoms with van der Waals surface area (Å²) >= 11 is 5.92. The molecule has 0 saturated heterocycles. The molecular formula is C11H12ClFN4. The van der Waals surface area contributed by atoms with Gasteiger partial charge in [-0.3, -0.25) is 5.10 Å². The standard InChI is InChI=1S/C11H12ClFN4/c1-7(11-15-6-16-17-11)14-5-8-2-3-9(13)4-10(8)12/h2-4,6-7,14H,5H2,1H3,(H,15,16,17). The molecular weight excluding hydrogens is 243 g/mol. The van der Waals surface area contributed by atoms with Crippen molar-refractivity contribution in [1.82, 2.24) is 20.5 Å². The van der Waals surface area contributed by atoms with Gasteiger partial charge in [0, 0.05) is 11.6 Å². The van der Waals surface area contributed by atoms with E-state index in [4.69, 9.17) is 11.6 Å². The Morgan fingerprint density at radius 3 is 3.00 bits per heavy atom. The van der Waals surface area contributed by atoms with E-state index in [2.05, 4.69) is 20.5 Å². The maximum Gasteiger partial charge on any atom is 0.141 e. The molecule has 17 heavy (non-hydrogen) atoms. The molecule has 0 saturated carbocycles. The second-order valence-corrected chi connectivity index (χ2v) is 4.12. The minimum Gasteiger partial charge on any atom is -0.303 e. The number of rotatable bonds is 4. The van der Waals surface area contributed by atoms with Gasteiger partial charge in [0.2, 0.25) is 0 Å². The summed E-state index contributed by atoms with van der Waals surface area (Å²) in [6.07, 6.45) is 1.46. The van der Waals surface area contributed by atoms with Crippen LogP contribution in [0.2, 0.25) is 5.02 Å². The average molecular weight is 255 g/mol. The van der Waals surface area contributed by atoms with Gasteiger partial charge in [-0.2, -0.15) is 5.10 Å². The fourth-order valence-corrected chi connectivity index (χ4v) is 1.68. The maximum atomic E-state index is 12.8. The number of H-pyrrole nitrogens is 1. The highest BCUT2D eigenvalue weighted by Crippen LogP contribution is 2.18. The first-order valence-electron chi connectivity index (χ1n) is 5.19. The van der Waals surface area contributed by atoms with Crippen LogP contribution in [-0.2, 0) is 6.54 Å². The van der Waals surface area contributed by atoms with Gasteiger partial charge in [-0.1, -0.05) is 17.7 Å². The Bertz CT molecular complexity index is 486. The van der Waals surface area contributed by atoms with Crippen LogP contribution < -0.4 is 5.32 Å². The quantitative estimate of drug-likeness (QED) is 0.881. The van der Waals surface area contributed by atoms with E-state index in [0.717, 1.165) is 11.4 Å². The van der Waals surface area contributed by atoms with E-state index in [1.807, 2.05) is 6.92 Å². The van der Waals surface area contributed by atoms with E-state index in [9.17, 15) is 4.39 Å². The van der Waals surface area contributed by atoms with Crippen LogP contribution in [-0.4, -0.2) is 15.2 Å². The van der Waals surface area contributed by atoms with Crippen LogP contribution >= 0.6 is 11.6 Å². The molecule has 0 bridgehead atoms. The average Bonchev–Trinajstić information content (AvgIpc) is 2.81. The van der Waals surface area contributed by atoms with Crippen molar-refractivity contribution in [3.05, 3.63) is 46.8 Å². The fourth-order valence-electron chi connectivity index (χ4n) is 1.45. The molecule has 0 amide bonds. The highest BCUT2D eigenvalue weighted by molar-refractivity contribution is 6.31. The molecule has 0 fully saturated rings. The second-order valence-electron chi connectivity index (χ2n) is 3.71. The third kappa shape index (κ3) is 3.01. The smallest absolute Gasteiger partial charge is 0.141 e. The normalized spacial score (nSPS) is 12.6. The number of hydrogen-bond donors (Lipinski definition) is 2. The molecule has 2 rings (SSSR count). The summed E-state index contributed by atoms with van der Waals surface area (Å²) in [5.74, 6) is 0.422. The summed E-state index contributed by atoms with van der Waals surface area (Å²) in [6.45, 7) is 2.50. The summed E-state index contributed by atoms with van der Waals surface area (Å²) in [4.78, 5) is 4.04. The van der Waals surface area contributed by atoms with E-state index in [0.29, 0.717) is 11.6 Å². The van der Waals surface area contributed by atoms with Crippen LogP contribution in [0.3, 0.4) is 0 Å². The lowest BCUT2D eigenvalue weighted by atomic mass is 10.2. The van der Waals surface area contributed by atoms with Gasteiger partial charge in [-0.15, -0.1) is 0 Å². The van der Waals surface area contributed by atoms with Gasteiger partial charge in [0.05, 0.1) is 6.04 Å². The number of aromatic nitrogens is 3. The SMILES string of the molecule is CC(NCc1ccc(F)cc1Cl)c1ncn[nH]1. The molecule has 0 spiro atoms. The Labute approximate surface area is 103 Å². The molecule has 0 radical (unpaired) electrons. The van der Waals surface area contributed by atoms with Gasteiger partial charge in [-0.05, 0) is 24.6 Å². The number of aromatic amines is 1. The van der Waals surface area contributed by atoms with Crippen LogP contribution in [0.25, 0.3) is 0 Å². The highest BCUT2D eigenvalue weighted by Gasteiger charge is 2.08. The molecule has 0 aliphatic rings.